The van der Waals surface area contributed by atoms with Crippen molar-refractivity contribution in [1.82, 2.24) is 5.32 Å². The molecule has 0 bridgehead atoms. The summed E-state index contributed by atoms with van der Waals surface area (Å²) in [5.41, 5.74) is -3.43. The van der Waals surface area contributed by atoms with E-state index in [0.717, 1.165) is 5.56 Å². The molecule has 0 aliphatic heterocycles. The molecule has 102 valence electrons. The van der Waals surface area contributed by atoms with E-state index in [1.807, 2.05) is 6.92 Å². The van der Waals surface area contributed by atoms with Gasteiger partial charge in [0.2, 0.25) is 0 Å². The van der Waals surface area contributed by atoms with Gasteiger partial charge in [-0.25, -0.2) is 4.39 Å². The van der Waals surface area contributed by atoms with Crippen LogP contribution in [0.25, 0.3) is 0 Å². The Morgan fingerprint density at radius 3 is 2.61 bits per heavy atom. The summed E-state index contributed by atoms with van der Waals surface area (Å²) in [6, 6.07) is 5.99. The Hall–Kier alpha value is -0.750. The molecule has 0 radical (unpaired) electrons. The Morgan fingerprint density at radius 2 is 2.06 bits per heavy atom. The number of halogens is 4. The first-order valence-electron chi connectivity index (χ1n) is 5.62. The molecule has 1 aromatic rings. The minimum absolute atomic E-state index is 0.0463. The van der Waals surface area contributed by atoms with Crippen LogP contribution in [0.15, 0.2) is 24.3 Å². The molecule has 0 aromatic heterocycles. The fourth-order valence-electron chi connectivity index (χ4n) is 1.62. The van der Waals surface area contributed by atoms with Crippen molar-refractivity contribution in [2.45, 2.75) is 24.9 Å². The van der Waals surface area contributed by atoms with Crippen LogP contribution in [0.5, 0.6) is 0 Å². The summed E-state index contributed by atoms with van der Waals surface area (Å²) in [6.45, 7) is 2.14. The van der Waals surface area contributed by atoms with Crippen LogP contribution < -0.4 is 5.32 Å². The molecule has 1 nitrogen and oxygen atoms in total. The van der Waals surface area contributed by atoms with Crippen LogP contribution >= 0.6 is 11.8 Å². The molecule has 6 heteroatoms. The van der Waals surface area contributed by atoms with Crippen molar-refractivity contribution in [3.63, 3.8) is 0 Å². The predicted molar refractivity (Wildman–Crippen MR) is 65.9 cm³/mol. The van der Waals surface area contributed by atoms with Gasteiger partial charge in [0.25, 0.3) is 0 Å². The maximum atomic E-state index is 13.0. The van der Waals surface area contributed by atoms with Gasteiger partial charge in [-0.2, -0.15) is 13.2 Å². The predicted octanol–water partition coefficient (Wildman–Crippen LogP) is 4.12. The van der Waals surface area contributed by atoms with E-state index in [-0.39, 0.29) is 35.9 Å². The van der Waals surface area contributed by atoms with Crippen molar-refractivity contribution in [3.05, 3.63) is 35.6 Å². The van der Waals surface area contributed by atoms with E-state index in [1.165, 1.54) is 12.1 Å². The van der Waals surface area contributed by atoms with Gasteiger partial charge in [-0.05, 0) is 35.9 Å². The lowest BCUT2D eigenvalue weighted by Gasteiger charge is -2.17. The van der Waals surface area contributed by atoms with Gasteiger partial charge in [0.15, 0.2) is 0 Å². The Balaban J connectivity index is 2.43. The van der Waals surface area contributed by atoms with Crippen LogP contribution in [-0.2, 0) is 0 Å². The molecular formula is C12H15F4NS. The Kier molecular flexibility index (Phi) is 5.95. The molecule has 0 saturated heterocycles. The Morgan fingerprint density at radius 1 is 1.33 bits per heavy atom. The molecule has 0 aliphatic carbocycles. The number of rotatable bonds is 6. The highest BCUT2D eigenvalue weighted by atomic mass is 32.2. The lowest BCUT2D eigenvalue weighted by atomic mass is 10.0. The standard InChI is InChI=1S/C12H15F4NS/c1-2-11(9-4-3-5-10(13)8-9)17-6-7-18-12(14,15)16/h3-5,8,11,17H,2,6-7H2,1H3. The second-order valence-electron chi connectivity index (χ2n) is 3.76. The zero-order valence-electron chi connectivity index (χ0n) is 9.93. The minimum atomic E-state index is -4.19. The second-order valence-corrected chi connectivity index (χ2v) is 4.92. The van der Waals surface area contributed by atoms with Gasteiger partial charge in [-0.1, -0.05) is 19.1 Å². The molecule has 0 fully saturated rings. The van der Waals surface area contributed by atoms with E-state index in [1.54, 1.807) is 12.1 Å². The topological polar surface area (TPSA) is 12.0 Å². The lowest BCUT2D eigenvalue weighted by Crippen LogP contribution is -2.24. The van der Waals surface area contributed by atoms with Crippen LogP contribution in [0.3, 0.4) is 0 Å². The molecule has 0 saturated carbocycles. The van der Waals surface area contributed by atoms with Crippen molar-refractivity contribution in [2.24, 2.45) is 0 Å². The number of thioether (sulfide) groups is 1. The van der Waals surface area contributed by atoms with Crippen molar-refractivity contribution >= 4 is 11.8 Å². The van der Waals surface area contributed by atoms with Gasteiger partial charge < -0.3 is 5.32 Å². The molecule has 0 heterocycles. The highest BCUT2D eigenvalue weighted by Crippen LogP contribution is 2.29. The van der Waals surface area contributed by atoms with Crippen LogP contribution in [0.1, 0.15) is 24.9 Å². The molecule has 1 unspecified atom stereocenters. The second kappa shape index (κ2) is 6.99. The summed E-state index contributed by atoms with van der Waals surface area (Å²) in [7, 11) is 0. The van der Waals surface area contributed by atoms with Crippen LogP contribution in [-0.4, -0.2) is 17.8 Å². The average molecular weight is 281 g/mol. The summed E-state index contributed by atoms with van der Waals surface area (Å²) in [6.07, 6.45) is 0.695. The van der Waals surface area contributed by atoms with Gasteiger partial charge in [0.1, 0.15) is 5.82 Å². The van der Waals surface area contributed by atoms with E-state index >= 15 is 0 Å². The fourth-order valence-corrected chi connectivity index (χ4v) is 2.07. The highest BCUT2D eigenvalue weighted by molar-refractivity contribution is 8.00. The van der Waals surface area contributed by atoms with E-state index in [2.05, 4.69) is 5.32 Å². The summed E-state index contributed by atoms with van der Waals surface area (Å²) >= 11 is -0.0522. The lowest BCUT2D eigenvalue weighted by molar-refractivity contribution is -0.0327. The highest BCUT2D eigenvalue weighted by Gasteiger charge is 2.27. The summed E-state index contributed by atoms with van der Waals surface area (Å²) in [5, 5.41) is 3.00. The van der Waals surface area contributed by atoms with Crippen molar-refractivity contribution in [3.8, 4) is 0 Å². The Bertz CT molecular complexity index is 367. The van der Waals surface area contributed by atoms with Gasteiger partial charge in [0.05, 0.1) is 0 Å². The summed E-state index contributed by atoms with van der Waals surface area (Å²) < 4.78 is 48.8. The smallest absolute Gasteiger partial charge is 0.309 e. The van der Waals surface area contributed by atoms with Crippen LogP contribution in [0, 0.1) is 5.82 Å². The van der Waals surface area contributed by atoms with Crippen LogP contribution in [0.4, 0.5) is 17.6 Å². The number of nitrogens with one attached hydrogen (secondary N) is 1. The molecule has 1 aromatic carbocycles. The molecule has 0 spiro atoms. The van der Waals surface area contributed by atoms with Crippen LogP contribution in [0.2, 0.25) is 0 Å². The van der Waals surface area contributed by atoms with Gasteiger partial charge >= 0.3 is 5.51 Å². The quantitative estimate of drug-likeness (QED) is 0.622. The molecule has 0 amide bonds. The molecule has 0 aliphatic rings. The van der Waals surface area contributed by atoms with Crippen molar-refractivity contribution < 1.29 is 17.6 Å². The monoisotopic (exact) mass is 281 g/mol. The van der Waals surface area contributed by atoms with E-state index in [0.29, 0.717) is 6.42 Å². The summed E-state index contributed by atoms with van der Waals surface area (Å²) in [4.78, 5) is 0. The number of benzene rings is 1. The zero-order chi connectivity index (χ0) is 13.6. The number of hydrogen-bond donors (Lipinski definition) is 1. The van der Waals surface area contributed by atoms with E-state index < -0.39 is 5.51 Å². The summed E-state index contributed by atoms with van der Waals surface area (Å²) in [5.74, 6) is -0.382. The first kappa shape index (κ1) is 15.3. The third-order valence-electron chi connectivity index (χ3n) is 2.42. The fraction of sp³-hybridized carbons (Fsp3) is 0.500. The first-order chi connectivity index (χ1) is 8.42. The third-order valence-corrected chi connectivity index (χ3v) is 3.15. The normalized spacial score (nSPS) is 13.6. The molecule has 1 atom stereocenters. The van der Waals surface area contributed by atoms with Gasteiger partial charge in [0, 0.05) is 18.3 Å². The number of alkyl halides is 3. The maximum Gasteiger partial charge on any atom is 0.441 e. The minimum Gasteiger partial charge on any atom is -0.309 e. The van der Waals surface area contributed by atoms with E-state index in [9.17, 15) is 17.6 Å². The molecule has 1 rings (SSSR count). The first-order valence-corrected chi connectivity index (χ1v) is 6.60. The molecule has 1 N–H and O–H groups in total. The molecule has 18 heavy (non-hydrogen) atoms. The average Bonchev–Trinajstić information content (AvgIpc) is 2.27. The van der Waals surface area contributed by atoms with Gasteiger partial charge in [-0.3, -0.25) is 0 Å². The SMILES string of the molecule is CCC(NCCSC(F)(F)F)c1cccc(F)c1. The Labute approximate surface area is 108 Å². The van der Waals surface area contributed by atoms with Gasteiger partial charge in [-0.15, -0.1) is 0 Å². The zero-order valence-corrected chi connectivity index (χ0v) is 10.7. The van der Waals surface area contributed by atoms with Crippen molar-refractivity contribution in [2.75, 3.05) is 12.3 Å². The maximum absolute atomic E-state index is 13.0. The number of hydrogen-bond acceptors (Lipinski definition) is 2. The third kappa shape index (κ3) is 5.73. The largest absolute Gasteiger partial charge is 0.441 e. The molecular weight excluding hydrogens is 266 g/mol. The van der Waals surface area contributed by atoms with E-state index in [4.69, 9.17) is 0 Å². The van der Waals surface area contributed by atoms with Crippen molar-refractivity contribution in [1.29, 1.82) is 0 Å².